The molecule has 35 heavy (non-hydrogen) atoms. The Kier molecular flexibility index (Phi) is 9.36. The van der Waals surface area contributed by atoms with E-state index in [1.54, 1.807) is 12.1 Å². The van der Waals surface area contributed by atoms with Crippen molar-refractivity contribution in [2.75, 3.05) is 17.1 Å². The Labute approximate surface area is 214 Å². The van der Waals surface area contributed by atoms with Crippen LogP contribution in [0.5, 0.6) is 0 Å². The molecule has 0 aliphatic rings. The number of carbonyl (C=O) groups excluding carboxylic acids is 2. The molecule has 2 aromatic carbocycles. The largest absolute Gasteiger partial charge is 0.350 e. The van der Waals surface area contributed by atoms with E-state index in [2.05, 4.69) is 5.32 Å². The van der Waals surface area contributed by atoms with Crippen LogP contribution < -0.4 is 9.62 Å². The number of hydrogen-bond acceptors (Lipinski definition) is 4. The lowest BCUT2D eigenvalue weighted by molar-refractivity contribution is -0.141. The van der Waals surface area contributed by atoms with E-state index in [4.69, 9.17) is 11.6 Å². The minimum Gasteiger partial charge on any atom is -0.350 e. The Balaban J connectivity index is 2.48. The zero-order chi connectivity index (χ0) is 26.6. The van der Waals surface area contributed by atoms with Gasteiger partial charge in [0.15, 0.2) is 0 Å². The molecule has 0 fully saturated rings. The summed E-state index contributed by atoms with van der Waals surface area (Å²) in [4.78, 5) is 28.3. The molecule has 0 aliphatic heterocycles. The van der Waals surface area contributed by atoms with Crippen LogP contribution in [-0.2, 0) is 26.2 Å². The number of amides is 2. The molecule has 7 nitrogen and oxygen atoms in total. The highest BCUT2D eigenvalue weighted by atomic mass is 35.5. The molecule has 0 radical (unpaired) electrons. The second-order valence-electron chi connectivity index (χ2n) is 9.88. The van der Waals surface area contributed by atoms with Gasteiger partial charge in [-0.25, -0.2) is 8.42 Å². The lowest BCUT2D eigenvalue weighted by atomic mass is 10.0. The van der Waals surface area contributed by atoms with Crippen LogP contribution in [0.15, 0.2) is 42.5 Å². The number of halogens is 1. The van der Waals surface area contributed by atoms with Gasteiger partial charge in [0.2, 0.25) is 21.8 Å². The normalized spacial score (nSPS) is 12.7. The Bertz CT molecular complexity index is 1180. The third-order valence-electron chi connectivity index (χ3n) is 5.44. The molecule has 0 spiro atoms. The van der Waals surface area contributed by atoms with Gasteiger partial charge in [-0.05, 0) is 64.3 Å². The van der Waals surface area contributed by atoms with Crippen molar-refractivity contribution in [1.82, 2.24) is 10.2 Å². The van der Waals surface area contributed by atoms with Crippen molar-refractivity contribution in [2.24, 2.45) is 0 Å². The van der Waals surface area contributed by atoms with Crippen molar-refractivity contribution in [2.45, 2.75) is 66.1 Å². The molecule has 0 aromatic heterocycles. The van der Waals surface area contributed by atoms with Crippen molar-refractivity contribution in [3.05, 3.63) is 64.2 Å². The first-order valence-electron chi connectivity index (χ1n) is 11.5. The summed E-state index contributed by atoms with van der Waals surface area (Å²) in [6, 6.07) is 11.7. The number of aryl methyl sites for hydroxylation is 2. The molecule has 2 amide bonds. The van der Waals surface area contributed by atoms with Gasteiger partial charge < -0.3 is 10.2 Å². The molecule has 2 rings (SSSR count). The predicted molar refractivity (Wildman–Crippen MR) is 142 cm³/mol. The number of hydrogen-bond donors (Lipinski definition) is 1. The molecular weight excluding hydrogens is 486 g/mol. The maximum Gasteiger partial charge on any atom is 0.244 e. The van der Waals surface area contributed by atoms with Gasteiger partial charge in [0.05, 0.1) is 11.9 Å². The Morgan fingerprint density at radius 1 is 1.09 bits per heavy atom. The van der Waals surface area contributed by atoms with E-state index in [9.17, 15) is 18.0 Å². The number of sulfonamides is 1. The van der Waals surface area contributed by atoms with Gasteiger partial charge in [-0.15, -0.1) is 0 Å². The predicted octanol–water partition coefficient (Wildman–Crippen LogP) is 4.44. The average molecular weight is 522 g/mol. The molecule has 1 N–H and O–H groups in total. The second-order valence-corrected chi connectivity index (χ2v) is 12.2. The zero-order valence-electron chi connectivity index (χ0n) is 21.6. The highest BCUT2D eigenvalue weighted by Gasteiger charge is 2.33. The molecule has 1 atom stereocenters. The van der Waals surface area contributed by atoms with E-state index < -0.39 is 34.1 Å². The van der Waals surface area contributed by atoms with Crippen LogP contribution in [-0.4, -0.2) is 49.5 Å². The molecule has 0 saturated heterocycles. The lowest BCUT2D eigenvalue weighted by Gasteiger charge is -2.34. The minimum atomic E-state index is -3.81. The molecular formula is C26H36ClN3O4S. The van der Waals surface area contributed by atoms with Gasteiger partial charge in [-0.1, -0.05) is 54.4 Å². The number of nitrogens with zero attached hydrogens (tertiary/aromatic N) is 2. The van der Waals surface area contributed by atoms with Crippen LogP contribution in [0.4, 0.5) is 5.69 Å². The van der Waals surface area contributed by atoms with Gasteiger partial charge in [0, 0.05) is 17.1 Å². The third-order valence-corrected chi connectivity index (χ3v) is 6.99. The number of rotatable bonds is 9. The summed E-state index contributed by atoms with van der Waals surface area (Å²) in [5.74, 6) is -0.769. The van der Waals surface area contributed by atoms with E-state index in [0.29, 0.717) is 17.1 Å². The molecule has 2 aromatic rings. The summed E-state index contributed by atoms with van der Waals surface area (Å²) in [5, 5.41) is 3.35. The van der Waals surface area contributed by atoms with Gasteiger partial charge in [0.25, 0.3) is 0 Å². The summed E-state index contributed by atoms with van der Waals surface area (Å²) in [5.41, 5.74) is 2.47. The first kappa shape index (κ1) is 28.7. The van der Waals surface area contributed by atoms with Crippen molar-refractivity contribution in [3.63, 3.8) is 0 Å². The molecule has 0 saturated carbocycles. The van der Waals surface area contributed by atoms with Gasteiger partial charge in [-0.3, -0.25) is 13.9 Å². The van der Waals surface area contributed by atoms with E-state index in [0.717, 1.165) is 27.3 Å². The van der Waals surface area contributed by atoms with E-state index >= 15 is 0 Å². The van der Waals surface area contributed by atoms with E-state index in [1.165, 1.54) is 11.0 Å². The highest BCUT2D eigenvalue weighted by molar-refractivity contribution is 7.92. The van der Waals surface area contributed by atoms with Crippen LogP contribution >= 0.6 is 11.6 Å². The summed E-state index contributed by atoms with van der Waals surface area (Å²) in [7, 11) is -3.81. The summed E-state index contributed by atoms with van der Waals surface area (Å²) in [6.45, 7) is 10.9. The number of carbonyl (C=O) groups is 2. The Morgan fingerprint density at radius 2 is 1.74 bits per heavy atom. The van der Waals surface area contributed by atoms with Gasteiger partial charge >= 0.3 is 0 Å². The Hall–Kier alpha value is -2.58. The molecule has 0 aliphatic carbocycles. The topological polar surface area (TPSA) is 86.8 Å². The van der Waals surface area contributed by atoms with Crippen LogP contribution in [0.1, 0.15) is 50.8 Å². The minimum absolute atomic E-state index is 0.169. The van der Waals surface area contributed by atoms with E-state index in [-0.39, 0.29) is 12.5 Å². The fourth-order valence-electron chi connectivity index (χ4n) is 3.73. The van der Waals surface area contributed by atoms with Crippen LogP contribution in [0.25, 0.3) is 0 Å². The molecule has 0 heterocycles. The fraction of sp³-hybridized carbons (Fsp3) is 0.462. The van der Waals surface area contributed by atoms with Gasteiger partial charge in [0.1, 0.15) is 12.6 Å². The first-order valence-corrected chi connectivity index (χ1v) is 13.8. The fourth-order valence-corrected chi connectivity index (χ4v) is 4.75. The lowest BCUT2D eigenvalue weighted by Crippen LogP contribution is -2.55. The van der Waals surface area contributed by atoms with Crippen LogP contribution in [0.3, 0.4) is 0 Å². The number of anilines is 1. The van der Waals surface area contributed by atoms with E-state index in [1.807, 2.05) is 65.8 Å². The first-order chi connectivity index (χ1) is 16.1. The number of nitrogens with one attached hydrogen (secondary N) is 1. The van der Waals surface area contributed by atoms with Crippen molar-refractivity contribution >= 4 is 39.1 Å². The van der Waals surface area contributed by atoms with Gasteiger partial charge in [-0.2, -0.15) is 0 Å². The van der Waals surface area contributed by atoms with Crippen molar-refractivity contribution in [3.8, 4) is 0 Å². The SMILES string of the molecule is CC[C@H](C(=O)NC(C)(C)C)N(Cc1cccc(C)c1)C(=O)CN(c1ccc(C)c(Cl)c1)S(C)(=O)=O. The highest BCUT2D eigenvalue weighted by Crippen LogP contribution is 2.25. The quantitative estimate of drug-likeness (QED) is 0.528. The average Bonchev–Trinajstić information content (AvgIpc) is 2.71. The second kappa shape index (κ2) is 11.4. The monoisotopic (exact) mass is 521 g/mol. The third kappa shape index (κ3) is 8.25. The summed E-state index contributed by atoms with van der Waals surface area (Å²) >= 11 is 6.24. The van der Waals surface area contributed by atoms with Crippen LogP contribution in [0, 0.1) is 13.8 Å². The zero-order valence-corrected chi connectivity index (χ0v) is 23.1. The van der Waals surface area contributed by atoms with Crippen molar-refractivity contribution < 1.29 is 18.0 Å². The number of benzene rings is 2. The molecule has 9 heteroatoms. The molecule has 192 valence electrons. The van der Waals surface area contributed by atoms with Crippen LogP contribution in [0.2, 0.25) is 5.02 Å². The molecule has 0 unspecified atom stereocenters. The van der Waals surface area contributed by atoms with Crippen molar-refractivity contribution in [1.29, 1.82) is 0 Å². The smallest absolute Gasteiger partial charge is 0.244 e. The Morgan fingerprint density at radius 3 is 2.26 bits per heavy atom. The molecule has 0 bridgehead atoms. The maximum absolute atomic E-state index is 13.7. The summed E-state index contributed by atoms with van der Waals surface area (Å²) < 4.78 is 26.4. The standard InChI is InChI=1S/C26H36ClN3O4S/c1-8-23(25(32)28-26(4,5)6)29(16-20-11-9-10-18(2)14-20)24(31)17-30(35(7,33)34)21-13-12-19(3)22(27)15-21/h9-15,23H,8,16-17H2,1-7H3,(H,28,32)/t23-/m1/s1. The summed E-state index contributed by atoms with van der Waals surface area (Å²) in [6.07, 6.45) is 1.41. The maximum atomic E-state index is 13.7.